The Morgan fingerprint density at radius 3 is 2.50 bits per heavy atom. The van der Waals surface area contributed by atoms with Gasteiger partial charge in [-0.1, -0.05) is 24.3 Å². The summed E-state index contributed by atoms with van der Waals surface area (Å²) in [5.41, 5.74) is 0.461. The van der Waals surface area contributed by atoms with Crippen LogP contribution in [0.4, 0.5) is 0 Å². The van der Waals surface area contributed by atoms with Crippen LogP contribution in [-0.2, 0) is 4.74 Å². The van der Waals surface area contributed by atoms with Gasteiger partial charge in [0.15, 0.2) is 10.6 Å². The molecule has 122 valence electrons. The van der Waals surface area contributed by atoms with E-state index >= 15 is 0 Å². The molecule has 0 saturated heterocycles. The molecule has 0 atom stereocenters. The molecule has 0 bridgehead atoms. The van der Waals surface area contributed by atoms with Gasteiger partial charge in [-0.15, -0.1) is 11.3 Å². The second-order valence-corrected chi connectivity index (χ2v) is 7.06. The largest absolute Gasteiger partial charge is 0.462 e. The minimum absolute atomic E-state index is 0.261. The lowest BCUT2D eigenvalue weighted by atomic mass is 10.2. The number of thiophene rings is 1. The van der Waals surface area contributed by atoms with Crippen molar-refractivity contribution in [2.24, 2.45) is 0 Å². The molecule has 24 heavy (non-hydrogen) atoms. The van der Waals surface area contributed by atoms with Crippen molar-refractivity contribution in [2.75, 3.05) is 6.61 Å². The number of fused-ring (bicyclic) bond motifs is 1. The number of hydrogen-bond donors (Lipinski definition) is 0. The maximum absolute atomic E-state index is 12.5. The van der Waals surface area contributed by atoms with Crippen LogP contribution < -0.4 is 4.74 Å². The van der Waals surface area contributed by atoms with E-state index in [9.17, 15) is 9.59 Å². The monoisotopic (exact) mass is 452 g/mol. The molecular weight excluding hydrogens is 439 g/mol. The third-order valence-electron chi connectivity index (χ3n) is 3.30. The van der Waals surface area contributed by atoms with Gasteiger partial charge in [-0.3, -0.25) is 0 Å². The summed E-state index contributed by atoms with van der Waals surface area (Å²) in [5, 5.41) is 0.727. The molecule has 2 aromatic carbocycles. The predicted molar refractivity (Wildman–Crippen MR) is 102 cm³/mol. The number of hydrogen-bond acceptors (Lipinski definition) is 5. The van der Waals surface area contributed by atoms with E-state index in [2.05, 4.69) is 22.6 Å². The lowest BCUT2D eigenvalue weighted by molar-refractivity contribution is 0.0527. The molecular formula is C18H13IO4S. The van der Waals surface area contributed by atoms with Gasteiger partial charge in [-0.2, -0.15) is 0 Å². The third-order valence-corrected chi connectivity index (χ3v) is 5.37. The topological polar surface area (TPSA) is 52.6 Å². The fourth-order valence-electron chi connectivity index (χ4n) is 2.23. The molecule has 0 aliphatic carbocycles. The molecule has 6 heteroatoms. The van der Waals surface area contributed by atoms with Crippen LogP contribution >= 0.6 is 33.9 Å². The van der Waals surface area contributed by atoms with Crippen LogP contribution in [0.2, 0.25) is 0 Å². The highest BCUT2D eigenvalue weighted by Crippen LogP contribution is 2.38. The smallest absolute Gasteiger partial charge is 0.352 e. The Labute approximate surface area is 156 Å². The first kappa shape index (κ1) is 16.9. The van der Waals surface area contributed by atoms with E-state index in [4.69, 9.17) is 9.47 Å². The molecule has 0 radical (unpaired) electrons. The van der Waals surface area contributed by atoms with Crippen molar-refractivity contribution in [3.8, 4) is 5.75 Å². The first-order valence-corrected chi connectivity index (χ1v) is 9.16. The number of carbonyl (C=O) groups is 2. The number of benzene rings is 2. The van der Waals surface area contributed by atoms with E-state index in [1.54, 1.807) is 19.1 Å². The zero-order chi connectivity index (χ0) is 17.1. The predicted octanol–water partition coefficient (Wildman–Crippen LogP) is 4.90. The molecule has 0 unspecified atom stereocenters. The molecule has 1 heterocycles. The van der Waals surface area contributed by atoms with Gasteiger partial charge in [0, 0.05) is 13.7 Å². The first-order valence-electron chi connectivity index (χ1n) is 7.27. The van der Waals surface area contributed by atoms with Crippen molar-refractivity contribution in [1.29, 1.82) is 0 Å². The quantitative estimate of drug-likeness (QED) is 0.418. The second kappa shape index (κ2) is 7.31. The van der Waals surface area contributed by atoms with Gasteiger partial charge in [-0.25, -0.2) is 9.59 Å². The fourth-order valence-corrected chi connectivity index (χ4v) is 3.86. The number of ether oxygens (including phenoxy) is 2. The van der Waals surface area contributed by atoms with E-state index in [1.807, 2.05) is 36.4 Å². The zero-order valence-corrected chi connectivity index (χ0v) is 15.7. The average Bonchev–Trinajstić information content (AvgIpc) is 2.94. The van der Waals surface area contributed by atoms with Crippen molar-refractivity contribution in [2.45, 2.75) is 6.92 Å². The highest BCUT2D eigenvalue weighted by Gasteiger charge is 2.24. The van der Waals surface area contributed by atoms with E-state index < -0.39 is 11.9 Å². The van der Waals surface area contributed by atoms with Gasteiger partial charge >= 0.3 is 11.9 Å². The van der Waals surface area contributed by atoms with Crippen LogP contribution in [0.15, 0.2) is 48.5 Å². The molecule has 1 aromatic heterocycles. The summed E-state index contributed by atoms with van der Waals surface area (Å²) < 4.78 is 12.3. The van der Waals surface area contributed by atoms with Gasteiger partial charge in [0.05, 0.1) is 12.2 Å². The molecule has 0 N–H and O–H groups in total. The highest BCUT2D eigenvalue weighted by atomic mass is 127. The molecule has 0 fully saturated rings. The van der Waals surface area contributed by atoms with Gasteiger partial charge < -0.3 is 9.47 Å². The second-order valence-electron chi connectivity index (χ2n) is 4.85. The summed E-state index contributed by atoms with van der Waals surface area (Å²) in [5.74, 6) is -0.711. The Hall–Kier alpha value is -1.93. The zero-order valence-electron chi connectivity index (χ0n) is 12.7. The summed E-state index contributed by atoms with van der Waals surface area (Å²) in [7, 11) is 0. The molecule has 3 aromatic rings. The van der Waals surface area contributed by atoms with Crippen molar-refractivity contribution in [3.05, 3.63) is 62.5 Å². The number of esters is 2. The Morgan fingerprint density at radius 2 is 1.75 bits per heavy atom. The Bertz CT molecular complexity index is 916. The Kier molecular flexibility index (Phi) is 5.15. The molecule has 0 amide bonds. The van der Waals surface area contributed by atoms with E-state index in [-0.39, 0.29) is 12.4 Å². The van der Waals surface area contributed by atoms with Gasteiger partial charge in [-0.05, 0) is 53.8 Å². The normalized spacial score (nSPS) is 10.6. The summed E-state index contributed by atoms with van der Waals surface area (Å²) in [4.78, 5) is 25.1. The number of rotatable bonds is 4. The summed E-state index contributed by atoms with van der Waals surface area (Å²) >= 11 is 3.34. The number of carbonyl (C=O) groups excluding carboxylic acids is 2. The molecule has 3 rings (SSSR count). The molecule has 0 aliphatic heterocycles. The van der Waals surface area contributed by atoms with Crippen molar-refractivity contribution >= 4 is 56.0 Å². The van der Waals surface area contributed by atoms with Crippen LogP contribution in [0.3, 0.4) is 0 Å². The molecule has 0 saturated carbocycles. The lowest BCUT2D eigenvalue weighted by Gasteiger charge is -2.07. The van der Waals surface area contributed by atoms with Gasteiger partial charge in [0.2, 0.25) is 0 Å². The molecule has 0 aliphatic rings. The van der Waals surface area contributed by atoms with Crippen molar-refractivity contribution in [3.63, 3.8) is 0 Å². The Morgan fingerprint density at radius 1 is 1.04 bits per heavy atom. The average molecular weight is 452 g/mol. The fraction of sp³-hybridized carbons (Fsp3) is 0.111. The van der Waals surface area contributed by atoms with Gasteiger partial charge in [0.1, 0.15) is 0 Å². The first-order chi connectivity index (χ1) is 11.6. The molecule has 0 spiro atoms. The van der Waals surface area contributed by atoms with Gasteiger partial charge in [0.25, 0.3) is 0 Å². The van der Waals surface area contributed by atoms with Crippen molar-refractivity contribution < 1.29 is 19.1 Å². The minimum Gasteiger partial charge on any atom is -0.462 e. The van der Waals surface area contributed by atoms with Crippen LogP contribution in [-0.4, -0.2) is 18.5 Å². The van der Waals surface area contributed by atoms with Crippen LogP contribution in [0.25, 0.3) is 10.1 Å². The van der Waals surface area contributed by atoms with Crippen LogP contribution in [0, 0.1) is 3.57 Å². The SMILES string of the molecule is CCOC(=O)c1sc2ccccc2c1OC(=O)c1ccccc1I. The summed E-state index contributed by atoms with van der Waals surface area (Å²) in [6.07, 6.45) is 0. The van der Waals surface area contributed by atoms with Crippen LogP contribution in [0.5, 0.6) is 5.75 Å². The third kappa shape index (κ3) is 3.29. The van der Waals surface area contributed by atoms with E-state index in [1.165, 1.54) is 11.3 Å². The molecule has 4 nitrogen and oxygen atoms in total. The van der Waals surface area contributed by atoms with E-state index in [0.717, 1.165) is 13.7 Å². The number of halogens is 1. The standard InChI is InChI=1S/C18H13IO4S/c1-2-22-18(21)16-15(12-8-4-6-10-14(12)24-16)23-17(20)11-7-3-5-9-13(11)19/h3-10H,2H2,1H3. The summed E-state index contributed by atoms with van der Waals surface area (Å²) in [6.45, 7) is 2.00. The van der Waals surface area contributed by atoms with Crippen LogP contribution in [0.1, 0.15) is 27.0 Å². The minimum atomic E-state index is -0.492. The highest BCUT2D eigenvalue weighted by molar-refractivity contribution is 14.1. The lowest BCUT2D eigenvalue weighted by Crippen LogP contribution is -2.12. The summed E-state index contributed by atoms with van der Waals surface area (Å²) in [6, 6.07) is 14.6. The van der Waals surface area contributed by atoms with E-state index in [0.29, 0.717) is 10.4 Å². The Balaban J connectivity index is 2.04. The van der Waals surface area contributed by atoms with Crippen molar-refractivity contribution in [1.82, 2.24) is 0 Å². The maximum atomic E-state index is 12.5. The maximum Gasteiger partial charge on any atom is 0.352 e.